The smallest absolute Gasteiger partial charge is 0.289 e. The van der Waals surface area contributed by atoms with Crippen LogP contribution >= 0.6 is 0 Å². The van der Waals surface area contributed by atoms with Crippen molar-refractivity contribution in [2.24, 2.45) is 17.1 Å². The predicted octanol–water partition coefficient (Wildman–Crippen LogP) is 0.301. The van der Waals surface area contributed by atoms with Crippen LogP contribution < -0.4 is 5.73 Å². The maximum absolute atomic E-state index is 12.5. The monoisotopic (exact) mass is 289 g/mol. The highest BCUT2D eigenvalue weighted by Gasteiger charge is 2.71. The number of hydrogen-bond acceptors (Lipinski definition) is 4. The Morgan fingerprint density at radius 2 is 1.90 bits per heavy atom. The molecule has 1 aromatic rings. The van der Waals surface area contributed by atoms with Crippen molar-refractivity contribution in [3.05, 3.63) is 24.2 Å². The number of nitrogens with two attached hydrogens (primary N) is 1. The second-order valence-electron chi connectivity index (χ2n) is 6.40. The first-order chi connectivity index (χ1) is 10.1. The predicted molar refractivity (Wildman–Crippen MR) is 74.3 cm³/mol. The number of piperazine rings is 1. The van der Waals surface area contributed by atoms with Gasteiger partial charge in [-0.2, -0.15) is 0 Å². The van der Waals surface area contributed by atoms with E-state index < -0.39 is 0 Å². The molecule has 2 aliphatic carbocycles. The molecule has 2 heterocycles. The highest BCUT2D eigenvalue weighted by molar-refractivity contribution is 5.92. The van der Waals surface area contributed by atoms with Crippen LogP contribution in [0.1, 0.15) is 23.4 Å². The largest absolute Gasteiger partial charge is 0.459 e. The number of nitrogens with zero attached hydrogens (tertiary/aromatic N) is 2. The summed E-state index contributed by atoms with van der Waals surface area (Å²) in [6.07, 6.45) is 3.29. The summed E-state index contributed by atoms with van der Waals surface area (Å²) in [5.74, 6) is 0.924. The lowest BCUT2D eigenvalue weighted by molar-refractivity contribution is -0.142. The van der Waals surface area contributed by atoms with Crippen molar-refractivity contribution < 1.29 is 14.0 Å². The summed E-state index contributed by atoms with van der Waals surface area (Å²) in [4.78, 5) is 28.4. The average molecular weight is 289 g/mol. The minimum atomic E-state index is -0.132. The highest BCUT2D eigenvalue weighted by Crippen LogP contribution is 2.67. The van der Waals surface area contributed by atoms with Gasteiger partial charge in [-0.05, 0) is 30.9 Å². The zero-order chi connectivity index (χ0) is 14.6. The molecule has 6 nitrogen and oxygen atoms in total. The number of carbonyl (C=O) groups is 2. The Bertz CT molecular complexity index is 577. The minimum Gasteiger partial charge on any atom is -0.459 e. The molecule has 4 rings (SSSR count). The fourth-order valence-corrected chi connectivity index (χ4v) is 3.85. The fourth-order valence-electron chi connectivity index (χ4n) is 3.85. The molecule has 112 valence electrons. The van der Waals surface area contributed by atoms with Gasteiger partial charge >= 0.3 is 0 Å². The third-order valence-electron chi connectivity index (χ3n) is 5.26. The number of rotatable bonds is 2. The molecule has 0 radical (unpaired) electrons. The van der Waals surface area contributed by atoms with Crippen molar-refractivity contribution in [2.75, 3.05) is 26.2 Å². The van der Waals surface area contributed by atoms with Gasteiger partial charge < -0.3 is 20.0 Å². The summed E-state index contributed by atoms with van der Waals surface area (Å²) in [5.41, 5.74) is 5.77. The van der Waals surface area contributed by atoms with Crippen molar-refractivity contribution in [1.82, 2.24) is 9.80 Å². The van der Waals surface area contributed by atoms with Crippen LogP contribution in [0.5, 0.6) is 0 Å². The Hall–Kier alpha value is -1.82. The Morgan fingerprint density at radius 3 is 2.43 bits per heavy atom. The average Bonchev–Trinajstić information content (AvgIpc) is 2.89. The van der Waals surface area contributed by atoms with E-state index in [1.165, 1.54) is 6.26 Å². The molecule has 2 N–H and O–H groups in total. The quantitative estimate of drug-likeness (QED) is 0.849. The SMILES string of the molecule is N[C@@H]1C[C@]2(C(=O)N3CCN(C(=O)c4ccco4)CC3)C[C@H]12. The number of amides is 2. The Morgan fingerprint density at radius 1 is 1.19 bits per heavy atom. The van der Waals surface area contributed by atoms with Gasteiger partial charge in [-0.15, -0.1) is 0 Å². The molecular weight excluding hydrogens is 270 g/mol. The van der Waals surface area contributed by atoms with Gasteiger partial charge in [-0.1, -0.05) is 0 Å². The van der Waals surface area contributed by atoms with Gasteiger partial charge in [-0.3, -0.25) is 9.59 Å². The molecule has 2 saturated carbocycles. The van der Waals surface area contributed by atoms with Gasteiger partial charge in [-0.25, -0.2) is 0 Å². The summed E-state index contributed by atoms with van der Waals surface area (Å²) in [5, 5.41) is 0. The maximum atomic E-state index is 12.5. The molecule has 1 aliphatic heterocycles. The van der Waals surface area contributed by atoms with Gasteiger partial charge in [0.2, 0.25) is 5.91 Å². The van der Waals surface area contributed by atoms with Crippen LogP contribution in [0.2, 0.25) is 0 Å². The lowest BCUT2D eigenvalue weighted by Crippen LogP contribution is -2.55. The molecule has 6 heteroatoms. The van der Waals surface area contributed by atoms with Crippen LogP contribution in [0, 0.1) is 11.3 Å². The summed E-state index contributed by atoms with van der Waals surface area (Å²) >= 11 is 0. The van der Waals surface area contributed by atoms with Gasteiger partial charge in [0.15, 0.2) is 5.76 Å². The first-order valence-corrected chi connectivity index (χ1v) is 7.49. The first-order valence-electron chi connectivity index (χ1n) is 7.49. The van der Waals surface area contributed by atoms with E-state index in [1.54, 1.807) is 17.0 Å². The summed E-state index contributed by atoms with van der Waals surface area (Å²) in [7, 11) is 0. The van der Waals surface area contributed by atoms with E-state index in [0.29, 0.717) is 37.9 Å². The van der Waals surface area contributed by atoms with E-state index in [9.17, 15) is 9.59 Å². The number of carbonyl (C=O) groups excluding carboxylic acids is 2. The standard InChI is InChI=1S/C15H19N3O3/c16-11-9-15(8-10(11)15)14(20)18-5-3-17(4-6-18)13(19)12-2-1-7-21-12/h1-2,7,10-11H,3-6,8-9,16H2/t10-,11-,15-/m1/s1. The van der Waals surface area contributed by atoms with Crippen LogP contribution in [0.3, 0.4) is 0 Å². The van der Waals surface area contributed by atoms with Crippen LogP contribution in [-0.4, -0.2) is 53.8 Å². The van der Waals surface area contributed by atoms with Crippen molar-refractivity contribution >= 4 is 11.8 Å². The van der Waals surface area contributed by atoms with Crippen LogP contribution in [-0.2, 0) is 4.79 Å². The van der Waals surface area contributed by atoms with E-state index in [2.05, 4.69) is 0 Å². The Labute approximate surface area is 122 Å². The van der Waals surface area contributed by atoms with Gasteiger partial charge in [0.1, 0.15) is 0 Å². The fraction of sp³-hybridized carbons (Fsp3) is 0.600. The molecule has 3 fully saturated rings. The topological polar surface area (TPSA) is 79.8 Å². The van der Waals surface area contributed by atoms with Crippen molar-refractivity contribution in [2.45, 2.75) is 18.9 Å². The second kappa shape index (κ2) is 4.34. The number of furan rings is 1. The van der Waals surface area contributed by atoms with E-state index in [4.69, 9.17) is 10.2 Å². The van der Waals surface area contributed by atoms with E-state index >= 15 is 0 Å². The zero-order valence-electron chi connectivity index (χ0n) is 11.8. The zero-order valence-corrected chi connectivity index (χ0v) is 11.8. The lowest BCUT2D eigenvalue weighted by Gasteiger charge is -2.39. The maximum Gasteiger partial charge on any atom is 0.289 e. The van der Waals surface area contributed by atoms with Gasteiger partial charge in [0.25, 0.3) is 5.91 Å². The molecule has 3 aliphatic rings. The van der Waals surface area contributed by atoms with E-state index in [-0.39, 0.29) is 23.3 Å². The third-order valence-corrected chi connectivity index (χ3v) is 5.26. The molecule has 2 amide bonds. The molecule has 21 heavy (non-hydrogen) atoms. The molecule has 0 spiro atoms. The molecule has 1 aromatic heterocycles. The Kier molecular flexibility index (Phi) is 2.66. The normalized spacial score (nSPS) is 34.1. The van der Waals surface area contributed by atoms with E-state index in [0.717, 1.165) is 12.8 Å². The molecule has 0 unspecified atom stereocenters. The summed E-state index contributed by atoms with van der Waals surface area (Å²) in [6, 6.07) is 3.60. The van der Waals surface area contributed by atoms with Crippen LogP contribution in [0.25, 0.3) is 0 Å². The highest BCUT2D eigenvalue weighted by atomic mass is 16.3. The van der Waals surface area contributed by atoms with Crippen LogP contribution in [0.15, 0.2) is 22.8 Å². The van der Waals surface area contributed by atoms with Gasteiger partial charge in [0, 0.05) is 32.2 Å². The molecular formula is C15H19N3O3. The van der Waals surface area contributed by atoms with Crippen molar-refractivity contribution in [3.8, 4) is 0 Å². The number of fused-ring (bicyclic) bond motifs is 1. The molecule has 0 bridgehead atoms. The third kappa shape index (κ3) is 1.82. The van der Waals surface area contributed by atoms with E-state index in [1.807, 2.05) is 4.90 Å². The Balaban J connectivity index is 1.35. The summed E-state index contributed by atoms with van der Waals surface area (Å²) < 4.78 is 5.14. The second-order valence-corrected chi connectivity index (χ2v) is 6.40. The minimum absolute atomic E-state index is 0.0970. The molecule has 0 aromatic carbocycles. The van der Waals surface area contributed by atoms with Crippen LogP contribution in [0.4, 0.5) is 0 Å². The molecule has 1 saturated heterocycles. The van der Waals surface area contributed by atoms with Crippen molar-refractivity contribution in [1.29, 1.82) is 0 Å². The lowest BCUT2D eigenvalue weighted by atomic mass is 9.79. The summed E-state index contributed by atoms with van der Waals surface area (Å²) in [6.45, 7) is 2.35. The number of hydrogen-bond donors (Lipinski definition) is 1. The first kappa shape index (κ1) is 12.9. The van der Waals surface area contributed by atoms with Crippen molar-refractivity contribution in [3.63, 3.8) is 0 Å². The van der Waals surface area contributed by atoms with Gasteiger partial charge in [0.05, 0.1) is 11.7 Å². The molecule has 3 atom stereocenters.